The molecule has 0 amide bonds. The zero-order valence-corrected chi connectivity index (χ0v) is 10.0. The zero-order valence-electron chi connectivity index (χ0n) is 10.0. The van der Waals surface area contributed by atoms with Gasteiger partial charge in [0.2, 0.25) is 0 Å². The fourth-order valence-corrected chi connectivity index (χ4v) is 1.83. The first-order chi connectivity index (χ1) is 9.65. The number of aromatic nitrogens is 2. The second-order valence-electron chi connectivity index (χ2n) is 4.02. The summed E-state index contributed by atoms with van der Waals surface area (Å²) in [7, 11) is 0. The molecule has 7 heteroatoms. The smallest absolute Gasteiger partial charge is 0.272 e. The molecule has 0 spiro atoms. The largest absolute Gasteiger partial charge is 0.453 e. The van der Waals surface area contributed by atoms with Crippen LogP contribution in [0.3, 0.4) is 0 Å². The molecule has 0 radical (unpaired) electrons. The molecule has 100 valence electrons. The number of nitrogens with zero attached hydrogens (tertiary/aromatic N) is 2. The summed E-state index contributed by atoms with van der Waals surface area (Å²) in [4.78, 5) is 16.9. The van der Waals surface area contributed by atoms with Gasteiger partial charge >= 0.3 is 0 Å². The highest BCUT2D eigenvalue weighted by Crippen LogP contribution is 2.31. The fourth-order valence-electron chi connectivity index (χ4n) is 1.83. The summed E-state index contributed by atoms with van der Waals surface area (Å²) < 4.78 is 19.2. The molecule has 0 saturated heterocycles. The van der Waals surface area contributed by atoms with Gasteiger partial charge in [-0.1, -0.05) is 0 Å². The number of non-ortho nitro benzene ring substituents is 1. The number of fused-ring (bicyclic) bond motifs is 1. The third-order valence-electron chi connectivity index (χ3n) is 2.77. The van der Waals surface area contributed by atoms with Crippen LogP contribution in [-0.2, 0) is 0 Å². The lowest BCUT2D eigenvalue weighted by atomic mass is 10.3. The fraction of sp³-hybridized carbons (Fsp3) is 0. The van der Waals surface area contributed by atoms with E-state index in [0.717, 1.165) is 6.07 Å². The number of aromatic amines is 1. The Hall–Kier alpha value is -2.96. The Kier molecular flexibility index (Phi) is 2.79. The van der Waals surface area contributed by atoms with Crippen molar-refractivity contribution in [2.24, 2.45) is 0 Å². The van der Waals surface area contributed by atoms with Gasteiger partial charge in [0, 0.05) is 18.5 Å². The van der Waals surface area contributed by atoms with Crippen LogP contribution in [0.1, 0.15) is 0 Å². The minimum absolute atomic E-state index is 0.0794. The van der Waals surface area contributed by atoms with Crippen LogP contribution >= 0.6 is 0 Å². The first-order valence-corrected chi connectivity index (χ1v) is 5.69. The number of ether oxygens (including phenoxy) is 1. The van der Waals surface area contributed by atoms with E-state index in [-0.39, 0.29) is 11.4 Å². The van der Waals surface area contributed by atoms with Crippen molar-refractivity contribution in [3.05, 3.63) is 58.7 Å². The molecule has 0 bridgehead atoms. The van der Waals surface area contributed by atoms with Crippen LogP contribution in [0.25, 0.3) is 11.0 Å². The van der Waals surface area contributed by atoms with Gasteiger partial charge in [-0.3, -0.25) is 10.1 Å². The summed E-state index contributed by atoms with van der Waals surface area (Å²) in [5.41, 5.74) is 0.293. The first kappa shape index (κ1) is 12.1. The van der Waals surface area contributed by atoms with Crippen LogP contribution in [-0.4, -0.2) is 14.9 Å². The minimum Gasteiger partial charge on any atom is -0.453 e. The number of benzene rings is 1. The van der Waals surface area contributed by atoms with Crippen molar-refractivity contribution in [2.75, 3.05) is 0 Å². The van der Waals surface area contributed by atoms with Gasteiger partial charge < -0.3 is 9.72 Å². The van der Waals surface area contributed by atoms with Crippen molar-refractivity contribution in [3.8, 4) is 11.5 Å². The van der Waals surface area contributed by atoms with E-state index in [9.17, 15) is 14.5 Å². The molecule has 3 aromatic rings. The molecule has 3 rings (SSSR count). The SMILES string of the molecule is O=[N+]([O-])c1ccc(Oc2ccnc3[nH]ccc23)c(F)c1. The molecule has 1 aromatic carbocycles. The summed E-state index contributed by atoms with van der Waals surface area (Å²) in [5.74, 6) is -0.451. The molecule has 0 aliphatic rings. The highest BCUT2D eigenvalue weighted by atomic mass is 19.1. The summed E-state index contributed by atoms with van der Waals surface area (Å²) in [6.07, 6.45) is 3.22. The lowest BCUT2D eigenvalue weighted by molar-refractivity contribution is -0.385. The van der Waals surface area contributed by atoms with Crippen molar-refractivity contribution < 1.29 is 14.1 Å². The molecule has 6 nitrogen and oxygen atoms in total. The van der Waals surface area contributed by atoms with Crippen LogP contribution < -0.4 is 4.74 Å². The van der Waals surface area contributed by atoms with E-state index < -0.39 is 10.7 Å². The maximum Gasteiger partial charge on any atom is 0.272 e. The molecule has 2 aromatic heterocycles. The second-order valence-corrected chi connectivity index (χ2v) is 4.02. The topological polar surface area (TPSA) is 81.1 Å². The van der Waals surface area contributed by atoms with Crippen molar-refractivity contribution in [2.45, 2.75) is 0 Å². The lowest BCUT2D eigenvalue weighted by Gasteiger charge is -2.07. The average Bonchev–Trinajstić information content (AvgIpc) is 2.90. The Morgan fingerprint density at radius 1 is 1.25 bits per heavy atom. The van der Waals surface area contributed by atoms with Gasteiger partial charge in [-0.2, -0.15) is 0 Å². The number of nitrogens with one attached hydrogen (secondary N) is 1. The number of halogens is 1. The van der Waals surface area contributed by atoms with Gasteiger partial charge in [-0.05, 0) is 18.2 Å². The van der Waals surface area contributed by atoms with Gasteiger partial charge in [0.05, 0.1) is 16.4 Å². The van der Waals surface area contributed by atoms with Crippen LogP contribution in [0.4, 0.5) is 10.1 Å². The quantitative estimate of drug-likeness (QED) is 0.585. The molecule has 2 heterocycles. The summed E-state index contributed by atoms with van der Waals surface area (Å²) in [5, 5.41) is 11.2. The maximum absolute atomic E-state index is 13.8. The highest BCUT2D eigenvalue weighted by molar-refractivity contribution is 5.82. The minimum atomic E-state index is -0.792. The lowest BCUT2D eigenvalue weighted by Crippen LogP contribution is -1.93. The van der Waals surface area contributed by atoms with E-state index in [1.807, 2.05) is 0 Å². The molecule has 0 fully saturated rings. The zero-order chi connectivity index (χ0) is 14.1. The van der Waals surface area contributed by atoms with E-state index in [1.54, 1.807) is 18.3 Å². The van der Waals surface area contributed by atoms with Crippen LogP contribution in [0.15, 0.2) is 42.7 Å². The number of H-pyrrole nitrogens is 1. The number of nitro groups is 1. The summed E-state index contributed by atoms with van der Waals surface area (Å²) >= 11 is 0. The van der Waals surface area contributed by atoms with Gasteiger partial charge in [-0.25, -0.2) is 9.37 Å². The van der Waals surface area contributed by atoms with Crippen molar-refractivity contribution in [1.29, 1.82) is 0 Å². The molecule has 0 saturated carbocycles. The van der Waals surface area contributed by atoms with E-state index in [2.05, 4.69) is 9.97 Å². The van der Waals surface area contributed by atoms with Crippen molar-refractivity contribution >= 4 is 16.7 Å². The molecular formula is C13H8FN3O3. The molecule has 0 atom stereocenters. The van der Waals surface area contributed by atoms with Crippen LogP contribution in [0, 0.1) is 15.9 Å². The monoisotopic (exact) mass is 273 g/mol. The number of hydrogen-bond donors (Lipinski definition) is 1. The van der Waals surface area contributed by atoms with E-state index >= 15 is 0 Å². The van der Waals surface area contributed by atoms with Crippen molar-refractivity contribution in [3.63, 3.8) is 0 Å². The second kappa shape index (κ2) is 4.61. The van der Waals surface area contributed by atoms with E-state index in [1.165, 1.54) is 18.3 Å². The van der Waals surface area contributed by atoms with Gasteiger partial charge in [0.25, 0.3) is 5.69 Å². The third kappa shape index (κ3) is 2.05. The Bertz CT molecular complexity index is 800. The number of hydrogen-bond acceptors (Lipinski definition) is 4. The van der Waals surface area contributed by atoms with E-state index in [4.69, 9.17) is 4.74 Å². The molecule has 0 aliphatic heterocycles. The molecule has 0 aliphatic carbocycles. The van der Waals surface area contributed by atoms with Crippen LogP contribution in [0.5, 0.6) is 11.5 Å². The Morgan fingerprint density at radius 2 is 2.10 bits per heavy atom. The maximum atomic E-state index is 13.8. The van der Waals surface area contributed by atoms with Gasteiger partial charge in [0.15, 0.2) is 11.6 Å². The molecule has 20 heavy (non-hydrogen) atoms. The number of rotatable bonds is 3. The molecular weight excluding hydrogens is 265 g/mol. The number of nitro benzene ring substituents is 1. The van der Waals surface area contributed by atoms with Gasteiger partial charge in [-0.15, -0.1) is 0 Å². The van der Waals surface area contributed by atoms with Crippen LogP contribution in [0.2, 0.25) is 0 Å². The first-order valence-electron chi connectivity index (χ1n) is 5.69. The summed E-state index contributed by atoms with van der Waals surface area (Å²) in [6.45, 7) is 0. The number of pyridine rings is 1. The standard InChI is InChI=1S/C13H8FN3O3/c14-10-7-8(17(18)19)1-2-12(10)20-11-4-6-16-13-9(11)3-5-15-13/h1-7H,(H,15,16). The Morgan fingerprint density at radius 3 is 2.85 bits per heavy atom. The highest BCUT2D eigenvalue weighted by Gasteiger charge is 2.13. The Balaban J connectivity index is 1.99. The summed E-state index contributed by atoms with van der Waals surface area (Å²) in [6, 6.07) is 6.59. The van der Waals surface area contributed by atoms with E-state index in [0.29, 0.717) is 16.8 Å². The average molecular weight is 273 g/mol. The van der Waals surface area contributed by atoms with Gasteiger partial charge in [0.1, 0.15) is 11.4 Å². The predicted molar refractivity (Wildman–Crippen MR) is 69.2 cm³/mol. The van der Waals surface area contributed by atoms with Crippen molar-refractivity contribution in [1.82, 2.24) is 9.97 Å². The molecule has 0 unspecified atom stereocenters. The molecule has 1 N–H and O–H groups in total. The normalized spacial score (nSPS) is 10.7. The third-order valence-corrected chi connectivity index (χ3v) is 2.77. The predicted octanol–water partition coefficient (Wildman–Crippen LogP) is 3.40. The Labute approximate surface area is 112 Å².